The lowest BCUT2D eigenvalue weighted by Gasteiger charge is -2.08. The number of hydrogen-bond donors (Lipinski definition) is 3. The quantitative estimate of drug-likeness (QED) is 0.406. The van der Waals surface area contributed by atoms with Crippen LogP contribution in [0.3, 0.4) is 0 Å². The summed E-state index contributed by atoms with van der Waals surface area (Å²) >= 11 is 7.37. The van der Waals surface area contributed by atoms with Gasteiger partial charge in [-0.3, -0.25) is 10.1 Å². The standard InChI is InChI=1S/C13H8ClF3N6OS2.ClH/c14-4-1-2-5-8(7(4)13(15,16)17)26-12(20-5)22-9(24)6-3-25-11(21-6)23-10(18)19;/h1-3H,(H,20,22,24)(H4,18,19,21,23);1H. The second-order valence-corrected chi connectivity index (χ2v) is 7.04. The van der Waals surface area contributed by atoms with E-state index in [1.165, 1.54) is 11.4 Å². The van der Waals surface area contributed by atoms with Gasteiger partial charge in [0.1, 0.15) is 5.69 Å². The third-order valence-corrected chi connectivity index (χ3v) is 5.01. The Morgan fingerprint density at radius 2 is 1.96 bits per heavy atom. The predicted molar refractivity (Wildman–Crippen MR) is 102 cm³/mol. The first-order valence-electron chi connectivity index (χ1n) is 6.68. The number of rotatable bonds is 3. The Kier molecular flexibility index (Phi) is 6.14. The zero-order valence-electron chi connectivity index (χ0n) is 12.9. The fourth-order valence-corrected chi connectivity index (χ4v) is 4.01. The molecule has 0 unspecified atom stereocenters. The first kappa shape index (κ1) is 21.2. The number of aromatic nitrogens is 2. The first-order chi connectivity index (χ1) is 12.1. The minimum atomic E-state index is -4.64. The minimum Gasteiger partial charge on any atom is -0.370 e. The summed E-state index contributed by atoms with van der Waals surface area (Å²) in [4.78, 5) is 23.8. The lowest BCUT2D eigenvalue weighted by molar-refractivity contribution is -0.136. The Labute approximate surface area is 168 Å². The average Bonchev–Trinajstić information content (AvgIpc) is 3.11. The van der Waals surface area contributed by atoms with Gasteiger partial charge < -0.3 is 11.5 Å². The molecule has 0 spiro atoms. The second kappa shape index (κ2) is 7.84. The number of nitrogens with zero attached hydrogens (tertiary/aromatic N) is 3. The van der Waals surface area contributed by atoms with Crippen molar-refractivity contribution in [2.45, 2.75) is 6.18 Å². The molecule has 0 aliphatic rings. The number of amides is 1. The summed E-state index contributed by atoms with van der Waals surface area (Å²) in [5, 5.41) is 3.52. The number of fused-ring (bicyclic) bond motifs is 1. The van der Waals surface area contributed by atoms with E-state index in [1.54, 1.807) is 0 Å². The maximum Gasteiger partial charge on any atom is 0.419 e. The van der Waals surface area contributed by atoms with Gasteiger partial charge >= 0.3 is 6.18 Å². The molecule has 144 valence electrons. The number of thiazole rings is 2. The molecule has 1 amide bonds. The number of alkyl halides is 3. The predicted octanol–water partition coefficient (Wildman–Crippen LogP) is 4.00. The van der Waals surface area contributed by atoms with E-state index in [1.807, 2.05) is 0 Å². The van der Waals surface area contributed by atoms with Crippen LogP contribution in [0.5, 0.6) is 0 Å². The molecule has 0 bridgehead atoms. The molecule has 7 nitrogen and oxygen atoms in total. The summed E-state index contributed by atoms with van der Waals surface area (Å²) in [6.45, 7) is 0. The highest BCUT2D eigenvalue weighted by Crippen LogP contribution is 2.42. The summed E-state index contributed by atoms with van der Waals surface area (Å²) < 4.78 is 39.4. The average molecular weight is 457 g/mol. The van der Waals surface area contributed by atoms with Gasteiger partial charge in [-0.1, -0.05) is 22.9 Å². The number of hydrogen-bond acceptors (Lipinski definition) is 6. The van der Waals surface area contributed by atoms with Crippen LogP contribution < -0.4 is 16.8 Å². The Balaban J connectivity index is 0.00000261. The molecule has 0 radical (unpaired) electrons. The monoisotopic (exact) mass is 456 g/mol. The number of anilines is 1. The van der Waals surface area contributed by atoms with Crippen LogP contribution in [0.1, 0.15) is 16.1 Å². The van der Waals surface area contributed by atoms with Gasteiger partial charge in [0, 0.05) is 5.38 Å². The summed E-state index contributed by atoms with van der Waals surface area (Å²) in [6.07, 6.45) is -4.64. The van der Waals surface area contributed by atoms with Crippen LogP contribution >= 0.6 is 46.7 Å². The van der Waals surface area contributed by atoms with Crippen LogP contribution in [-0.2, 0) is 6.18 Å². The summed E-state index contributed by atoms with van der Waals surface area (Å²) in [6, 6.07) is 2.46. The van der Waals surface area contributed by atoms with E-state index in [4.69, 9.17) is 23.1 Å². The number of nitrogens with one attached hydrogen (secondary N) is 1. The van der Waals surface area contributed by atoms with Crippen LogP contribution in [0, 0.1) is 0 Å². The van der Waals surface area contributed by atoms with Gasteiger partial charge in [-0.05, 0) is 12.1 Å². The molecule has 0 aliphatic carbocycles. The Morgan fingerprint density at radius 3 is 2.59 bits per heavy atom. The van der Waals surface area contributed by atoms with Crippen molar-refractivity contribution in [3.63, 3.8) is 0 Å². The van der Waals surface area contributed by atoms with Gasteiger partial charge in [-0.25, -0.2) is 9.97 Å². The van der Waals surface area contributed by atoms with Crippen LogP contribution in [0.25, 0.3) is 10.2 Å². The van der Waals surface area contributed by atoms with Gasteiger partial charge in [0.25, 0.3) is 5.91 Å². The van der Waals surface area contributed by atoms with Gasteiger partial charge in [0.05, 0.1) is 20.8 Å². The Morgan fingerprint density at radius 1 is 1.26 bits per heavy atom. The third kappa shape index (κ3) is 4.58. The maximum absolute atomic E-state index is 13.2. The number of carbonyl (C=O) groups excluding carboxylic acids is 1. The number of nitrogens with two attached hydrogens (primary N) is 2. The van der Waals surface area contributed by atoms with E-state index in [0.717, 1.165) is 17.4 Å². The zero-order chi connectivity index (χ0) is 19.1. The van der Waals surface area contributed by atoms with Crippen molar-refractivity contribution in [3.8, 4) is 0 Å². The molecule has 3 rings (SSSR count). The number of benzene rings is 1. The molecule has 0 atom stereocenters. The van der Waals surface area contributed by atoms with Crippen molar-refractivity contribution >= 4 is 79.0 Å². The lowest BCUT2D eigenvalue weighted by Crippen LogP contribution is -2.21. The van der Waals surface area contributed by atoms with Gasteiger partial charge in [-0.15, -0.1) is 23.7 Å². The highest BCUT2D eigenvalue weighted by Gasteiger charge is 2.36. The van der Waals surface area contributed by atoms with E-state index in [-0.39, 0.29) is 44.5 Å². The SMILES string of the molecule is Cl.NC(N)=Nc1nc(C(=O)Nc2nc3ccc(Cl)c(C(F)(F)F)c3s2)cs1. The number of guanidine groups is 1. The molecule has 1 aromatic carbocycles. The van der Waals surface area contributed by atoms with E-state index in [2.05, 4.69) is 20.3 Å². The van der Waals surface area contributed by atoms with E-state index >= 15 is 0 Å². The van der Waals surface area contributed by atoms with Crippen LogP contribution in [0.2, 0.25) is 5.02 Å². The Bertz CT molecular complexity index is 1030. The molecule has 0 aliphatic heterocycles. The van der Waals surface area contributed by atoms with Crippen molar-refractivity contribution in [2.75, 3.05) is 5.32 Å². The van der Waals surface area contributed by atoms with Crippen molar-refractivity contribution in [1.29, 1.82) is 0 Å². The van der Waals surface area contributed by atoms with Crippen molar-refractivity contribution in [1.82, 2.24) is 9.97 Å². The highest BCUT2D eigenvalue weighted by molar-refractivity contribution is 7.22. The topological polar surface area (TPSA) is 119 Å². The van der Waals surface area contributed by atoms with Crippen LogP contribution in [-0.4, -0.2) is 21.8 Å². The molecule has 0 fully saturated rings. The zero-order valence-corrected chi connectivity index (χ0v) is 16.1. The van der Waals surface area contributed by atoms with Gasteiger partial charge in [0.2, 0.25) is 5.13 Å². The molecule has 14 heteroatoms. The summed E-state index contributed by atoms with van der Waals surface area (Å²) in [7, 11) is 0. The molecule has 3 aromatic rings. The maximum atomic E-state index is 13.2. The van der Waals surface area contributed by atoms with Gasteiger partial charge in [-0.2, -0.15) is 18.2 Å². The van der Waals surface area contributed by atoms with Crippen molar-refractivity contribution < 1.29 is 18.0 Å². The van der Waals surface area contributed by atoms with E-state index < -0.39 is 22.7 Å². The first-order valence-corrected chi connectivity index (χ1v) is 8.75. The smallest absolute Gasteiger partial charge is 0.370 e. The summed E-state index contributed by atoms with van der Waals surface area (Å²) in [5.74, 6) is -0.869. The van der Waals surface area contributed by atoms with E-state index in [0.29, 0.717) is 11.3 Å². The molecular formula is C13H9Cl2F3N6OS2. The number of aliphatic imine (C=N–C) groups is 1. The van der Waals surface area contributed by atoms with Crippen molar-refractivity contribution in [2.24, 2.45) is 16.5 Å². The number of halogens is 5. The molecule has 2 aromatic heterocycles. The molecule has 0 saturated heterocycles. The van der Waals surface area contributed by atoms with Crippen LogP contribution in [0.4, 0.5) is 23.4 Å². The minimum absolute atomic E-state index is 0. The second-order valence-electron chi connectivity index (χ2n) is 4.79. The molecule has 5 N–H and O–H groups in total. The van der Waals surface area contributed by atoms with Crippen LogP contribution in [0.15, 0.2) is 22.5 Å². The van der Waals surface area contributed by atoms with E-state index in [9.17, 15) is 18.0 Å². The molecule has 0 saturated carbocycles. The van der Waals surface area contributed by atoms with Gasteiger partial charge in [0.15, 0.2) is 11.1 Å². The fraction of sp³-hybridized carbons (Fsp3) is 0.0769. The Hall–Kier alpha value is -2.15. The third-order valence-electron chi connectivity index (χ3n) is 2.96. The lowest BCUT2D eigenvalue weighted by atomic mass is 10.2. The van der Waals surface area contributed by atoms with Crippen molar-refractivity contribution in [3.05, 3.63) is 33.8 Å². The largest absolute Gasteiger partial charge is 0.419 e. The molecular weight excluding hydrogens is 448 g/mol. The molecule has 27 heavy (non-hydrogen) atoms. The molecule has 2 heterocycles. The normalized spacial score (nSPS) is 11.1. The highest BCUT2D eigenvalue weighted by atomic mass is 35.5. The summed E-state index contributed by atoms with van der Waals surface area (Å²) in [5.41, 5.74) is 9.53. The number of carbonyl (C=O) groups is 1. The fourth-order valence-electron chi connectivity index (χ4n) is 1.98.